The number of benzene rings is 2. The van der Waals surface area contributed by atoms with Gasteiger partial charge in [0.15, 0.2) is 0 Å². The molecule has 1 aliphatic heterocycles. The summed E-state index contributed by atoms with van der Waals surface area (Å²) in [6.07, 6.45) is 2.20. The van der Waals surface area contributed by atoms with E-state index < -0.39 is 0 Å². The smallest absolute Gasteiger partial charge is 0.223 e. The highest BCUT2D eigenvalue weighted by molar-refractivity contribution is 5.87. The van der Waals surface area contributed by atoms with Gasteiger partial charge < -0.3 is 4.90 Å². The van der Waals surface area contributed by atoms with Crippen LogP contribution in [0.15, 0.2) is 66.7 Å². The second-order valence-corrected chi connectivity index (χ2v) is 5.06. The Morgan fingerprint density at radius 3 is 2.20 bits per heavy atom. The topological polar surface area (TPSA) is 20.3 Å². The van der Waals surface area contributed by atoms with Gasteiger partial charge in [0.2, 0.25) is 5.91 Å². The molecule has 0 bridgehead atoms. The fourth-order valence-corrected chi connectivity index (χ4v) is 2.69. The second kappa shape index (κ2) is 5.33. The summed E-state index contributed by atoms with van der Waals surface area (Å²) in [6.45, 7) is 2.35. The summed E-state index contributed by atoms with van der Waals surface area (Å²) in [7, 11) is 0. The Hall–Kier alpha value is -2.35. The average Bonchev–Trinajstić information content (AvgIpc) is 2.94. The van der Waals surface area contributed by atoms with Gasteiger partial charge >= 0.3 is 0 Å². The molecule has 0 saturated carbocycles. The summed E-state index contributed by atoms with van der Waals surface area (Å²) in [5.74, 6) is 0.369. The largest absolute Gasteiger partial charge is 0.311 e. The summed E-state index contributed by atoms with van der Waals surface area (Å²) in [6, 6.07) is 20.4. The third kappa shape index (κ3) is 2.37. The lowest BCUT2D eigenvalue weighted by Gasteiger charge is -2.19. The number of nitrogens with zero attached hydrogens (tertiary/aromatic N) is 1. The summed E-state index contributed by atoms with van der Waals surface area (Å²) in [5, 5.41) is 0. The molecular formula is C18H17NO. The SMILES string of the molecule is CC(=O)N1CC(c2ccccc2)C=C1c1ccccc1. The van der Waals surface area contributed by atoms with E-state index in [-0.39, 0.29) is 11.8 Å². The van der Waals surface area contributed by atoms with Gasteiger partial charge in [-0.05, 0) is 11.1 Å². The zero-order valence-corrected chi connectivity index (χ0v) is 11.5. The minimum Gasteiger partial charge on any atom is -0.311 e. The number of carbonyl (C=O) groups is 1. The predicted molar refractivity (Wildman–Crippen MR) is 81.0 cm³/mol. The molecule has 0 aliphatic carbocycles. The first-order chi connectivity index (χ1) is 9.75. The van der Waals surface area contributed by atoms with Crippen LogP contribution in [0.3, 0.4) is 0 Å². The van der Waals surface area contributed by atoms with E-state index in [0.29, 0.717) is 0 Å². The van der Waals surface area contributed by atoms with Gasteiger partial charge in [0.05, 0.1) is 0 Å². The lowest BCUT2D eigenvalue weighted by Crippen LogP contribution is -2.25. The van der Waals surface area contributed by atoms with Crippen LogP contribution < -0.4 is 0 Å². The maximum absolute atomic E-state index is 11.9. The zero-order chi connectivity index (χ0) is 13.9. The van der Waals surface area contributed by atoms with Crippen molar-refractivity contribution in [2.24, 2.45) is 0 Å². The fraction of sp³-hybridized carbons (Fsp3) is 0.167. The van der Waals surface area contributed by atoms with E-state index in [2.05, 4.69) is 30.3 Å². The first kappa shape index (κ1) is 12.7. The van der Waals surface area contributed by atoms with E-state index in [9.17, 15) is 4.79 Å². The second-order valence-electron chi connectivity index (χ2n) is 5.06. The molecule has 0 aromatic heterocycles. The summed E-state index contributed by atoms with van der Waals surface area (Å²) >= 11 is 0. The quantitative estimate of drug-likeness (QED) is 0.809. The van der Waals surface area contributed by atoms with Crippen molar-refractivity contribution in [2.45, 2.75) is 12.8 Å². The molecule has 2 heteroatoms. The Labute approximate surface area is 119 Å². The van der Waals surface area contributed by atoms with Crippen LogP contribution in [0, 0.1) is 0 Å². The summed E-state index contributed by atoms with van der Waals surface area (Å²) < 4.78 is 0. The molecule has 2 aromatic rings. The van der Waals surface area contributed by atoms with Gasteiger partial charge in [0, 0.05) is 25.1 Å². The van der Waals surface area contributed by atoms with E-state index in [1.54, 1.807) is 6.92 Å². The summed E-state index contributed by atoms with van der Waals surface area (Å²) in [5.41, 5.74) is 3.37. The van der Waals surface area contributed by atoms with Gasteiger partial charge in [0.1, 0.15) is 0 Å². The lowest BCUT2D eigenvalue weighted by molar-refractivity contribution is -0.125. The molecule has 0 N–H and O–H groups in total. The number of amides is 1. The lowest BCUT2D eigenvalue weighted by atomic mass is 10.00. The average molecular weight is 263 g/mol. The fourth-order valence-electron chi connectivity index (χ4n) is 2.69. The molecule has 100 valence electrons. The van der Waals surface area contributed by atoms with Crippen LogP contribution in [-0.4, -0.2) is 17.4 Å². The molecule has 0 fully saturated rings. The number of rotatable bonds is 2. The molecule has 1 aliphatic rings. The Morgan fingerprint density at radius 2 is 1.60 bits per heavy atom. The van der Waals surface area contributed by atoms with Gasteiger partial charge in [0.25, 0.3) is 0 Å². The predicted octanol–water partition coefficient (Wildman–Crippen LogP) is 3.67. The number of hydrogen-bond donors (Lipinski definition) is 0. The van der Waals surface area contributed by atoms with E-state index in [4.69, 9.17) is 0 Å². The normalized spacial score (nSPS) is 17.9. The maximum atomic E-state index is 11.9. The molecule has 0 saturated heterocycles. The third-order valence-corrected chi connectivity index (χ3v) is 3.71. The first-order valence-corrected chi connectivity index (χ1v) is 6.86. The van der Waals surface area contributed by atoms with Crippen molar-refractivity contribution >= 4 is 11.6 Å². The molecule has 2 aromatic carbocycles. The van der Waals surface area contributed by atoms with Crippen molar-refractivity contribution in [3.05, 3.63) is 77.9 Å². The van der Waals surface area contributed by atoms with Crippen molar-refractivity contribution in [3.8, 4) is 0 Å². The molecule has 20 heavy (non-hydrogen) atoms. The Kier molecular flexibility index (Phi) is 3.38. The van der Waals surface area contributed by atoms with Crippen molar-refractivity contribution in [1.29, 1.82) is 0 Å². The minimum atomic E-state index is 0.0959. The maximum Gasteiger partial charge on any atom is 0.223 e. The molecule has 2 nitrogen and oxygen atoms in total. The van der Waals surface area contributed by atoms with Crippen LogP contribution in [-0.2, 0) is 4.79 Å². The van der Waals surface area contributed by atoms with Crippen LogP contribution in [0.2, 0.25) is 0 Å². The summed E-state index contributed by atoms with van der Waals surface area (Å²) in [4.78, 5) is 13.8. The van der Waals surface area contributed by atoms with Crippen molar-refractivity contribution in [3.63, 3.8) is 0 Å². The van der Waals surface area contributed by atoms with Crippen LogP contribution in [0.1, 0.15) is 24.0 Å². The van der Waals surface area contributed by atoms with E-state index >= 15 is 0 Å². The Balaban J connectivity index is 1.98. The molecule has 0 radical (unpaired) electrons. The van der Waals surface area contributed by atoms with Crippen LogP contribution in [0.5, 0.6) is 0 Å². The highest BCUT2D eigenvalue weighted by Crippen LogP contribution is 2.34. The molecule has 1 amide bonds. The zero-order valence-electron chi connectivity index (χ0n) is 11.5. The highest BCUT2D eigenvalue weighted by atomic mass is 16.2. The number of hydrogen-bond acceptors (Lipinski definition) is 1. The highest BCUT2D eigenvalue weighted by Gasteiger charge is 2.27. The Bertz CT molecular complexity index is 631. The van der Waals surface area contributed by atoms with Gasteiger partial charge in [-0.2, -0.15) is 0 Å². The molecular weight excluding hydrogens is 246 g/mol. The minimum absolute atomic E-state index is 0.0959. The van der Waals surface area contributed by atoms with E-state index in [0.717, 1.165) is 17.8 Å². The first-order valence-electron chi connectivity index (χ1n) is 6.86. The Morgan fingerprint density at radius 1 is 1.00 bits per heavy atom. The van der Waals surface area contributed by atoms with Crippen molar-refractivity contribution in [2.75, 3.05) is 6.54 Å². The number of carbonyl (C=O) groups excluding carboxylic acids is 1. The van der Waals surface area contributed by atoms with Gasteiger partial charge in [-0.15, -0.1) is 0 Å². The van der Waals surface area contributed by atoms with Gasteiger partial charge in [-0.1, -0.05) is 66.7 Å². The van der Waals surface area contributed by atoms with Crippen molar-refractivity contribution in [1.82, 2.24) is 4.90 Å². The molecule has 1 atom stereocenters. The van der Waals surface area contributed by atoms with Crippen LogP contribution in [0.4, 0.5) is 0 Å². The van der Waals surface area contributed by atoms with E-state index in [1.807, 2.05) is 41.3 Å². The molecule has 0 spiro atoms. The van der Waals surface area contributed by atoms with Gasteiger partial charge in [-0.25, -0.2) is 0 Å². The monoisotopic (exact) mass is 263 g/mol. The van der Waals surface area contributed by atoms with Crippen LogP contribution in [0.25, 0.3) is 5.70 Å². The molecule has 1 unspecified atom stereocenters. The van der Waals surface area contributed by atoms with Gasteiger partial charge in [-0.3, -0.25) is 4.79 Å². The molecule has 3 rings (SSSR count). The van der Waals surface area contributed by atoms with Crippen LogP contribution >= 0.6 is 0 Å². The van der Waals surface area contributed by atoms with E-state index in [1.165, 1.54) is 5.56 Å². The third-order valence-electron chi connectivity index (χ3n) is 3.71. The van der Waals surface area contributed by atoms with Crippen molar-refractivity contribution < 1.29 is 4.79 Å². The standard InChI is InChI=1S/C18H17NO/c1-14(20)19-13-17(15-8-4-2-5-9-15)12-18(19)16-10-6-3-7-11-16/h2-12,17H,13H2,1H3. The molecule has 1 heterocycles.